The summed E-state index contributed by atoms with van der Waals surface area (Å²) < 4.78 is 15.3. The Morgan fingerprint density at radius 2 is 1.95 bits per heavy atom. The van der Waals surface area contributed by atoms with Crippen LogP contribution in [0.15, 0.2) is 12.0 Å². The molecule has 19 heavy (non-hydrogen) atoms. The Bertz CT molecular complexity index is 301. The smallest absolute Gasteiger partial charge is 0.332 e. The number of hydrogen-bond acceptors (Lipinski definition) is 6. The molecule has 0 fully saturated rings. The maximum atomic E-state index is 11.2. The Morgan fingerprint density at radius 1 is 1.26 bits per heavy atom. The molecule has 6 nitrogen and oxygen atoms in total. The summed E-state index contributed by atoms with van der Waals surface area (Å²) in [5, 5.41) is 7.14. The Balaban J connectivity index is 3.64. The van der Waals surface area contributed by atoms with Gasteiger partial charge in [-0.25, -0.2) is 4.79 Å². The zero-order chi connectivity index (χ0) is 14.7. The predicted molar refractivity (Wildman–Crippen MR) is 73.1 cm³/mol. The second-order valence-electron chi connectivity index (χ2n) is 4.62. The average molecular weight is 272 g/mol. The van der Waals surface area contributed by atoms with Gasteiger partial charge in [-0.2, -0.15) is 0 Å². The minimum Gasteiger partial charge on any atom is -0.488 e. The van der Waals surface area contributed by atoms with Crippen molar-refractivity contribution in [3.8, 4) is 0 Å². The molecule has 0 spiro atoms. The van der Waals surface area contributed by atoms with Gasteiger partial charge in [0.25, 0.3) is 0 Å². The summed E-state index contributed by atoms with van der Waals surface area (Å²) in [5.41, 5.74) is 0. The normalized spacial score (nSPS) is 11.3. The Hall–Kier alpha value is -1.56. The van der Waals surface area contributed by atoms with Crippen LogP contribution in [0.1, 0.15) is 13.8 Å². The minimum absolute atomic E-state index is 0.0760. The second kappa shape index (κ2) is 10.4. The number of nitrogens with zero attached hydrogens (tertiary/aromatic N) is 1. The molecule has 1 N–H and O–H groups in total. The van der Waals surface area contributed by atoms with Crippen molar-refractivity contribution in [1.82, 2.24) is 4.90 Å². The highest BCUT2D eigenvalue weighted by Gasteiger charge is 2.04. The number of ether oxygens (including phenoxy) is 3. The van der Waals surface area contributed by atoms with Gasteiger partial charge in [0.05, 0.1) is 19.4 Å². The van der Waals surface area contributed by atoms with Gasteiger partial charge in [0.1, 0.15) is 13.2 Å². The van der Waals surface area contributed by atoms with Crippen molar-refractivity contribution >= 4 is 12.2 Å². The van der Waals surface area contributed by atoms with Gasteiger partial charge in [-0.3, -0.25) is 0 Å². The lowest BCUT2D eigenvalue weighted by atomic mass is 10.2. The number of carbonyl (C=O) groups excluding carboxylic acids is 1. The second-order valence-corrected chi connectivity index (χ2v) is 4.62. The lowest BCUT2D eigenvalue weighted by molar-refractivity contribution is -0.150. The predicted octanol–water partition coefficient (Wildman–Crippen LogP) is 1.27. The van der Waals surface area contributed by atoms with Crippen molar-refractivity contribution in [2.75, 3.05) is 40.5 Å². The summed E-state index contributed by atoms with van der Waals surface area (Å²) in [7, 11) is 3.68. The number of esters is 1. The standard InChI is InChI=1S/C13H24N2O4/c1-11(2)9-19-13(16)10-17-5-6-18-12(7-14)8-15(3)4/h7-8,11,14H,5-6,9-10H2,1-4H3/b12-8+,14-7?. The summed E-state index contributed by atoms with van der Waals surface area (Å²) in [6.45, 7) is 4.83. The SMILES string of the molecule is CC(C)COC(=O)COCCO/C(C=N)=C/N(C)C. The van der Waals surface area contributed by atoms with Gasteiger partial charge in [-0.1, -0.05) is 13.8 Å². The monoisotopic (exact) mass is 272 g/mol. The van der Waals surface area contributed by atoms with Crippen LogP contribution in [0.5, 0.6) is 0 Å². The summed E-state index contributed by atoms with van der Waals surface area (Å²) >= 11 is 0. The van der Waals surface area contributed by atoms with E-state index in [0.29, 0.717) is 18.3 Å². The Labute approximate surface area is 114 Å². The van der Waals surface area contributed by atoms with E-state index in [1.165, 1.54) is 0 Å². The largest absolute Gasteiger partial charge is 0.488 e. The van der Waals surface area contributed by atoms with Crippen LogP contribution >= 0.6 is 0 Å². The molecule has 0 rings (SSSR count). The zero-order valence-corrected chi connectivity index (χ0v) is 12.1. The highest BCUT2D eigenvalue weighted by Crippen LogP contribution is 1.96. The molecule has 0 unspecified atom stereocenters. The molecule has 0 atom stereocenters. The number of hydrogen-bond donors (Lipinski definition) is 1. The van der Waals surface area contributed by atoms with Crippen LogP contribution in [0, 0.1) is 11.3 Å². The fourth-order valence-electron chi connectivity index (χ4n) is 1.05. The van der Waals surface area contributed by atoms with Crippen LogP contribution in [0.4, 0.5) is 0 Å². The van der Waals surface area contributed by atoms with E-state index >= 15 is 0 Å². The van der Waals surface area contributed by atoms with Gasteiger partial charge in [-0.05, 0) is 5.92 Å². The molecular weight excluding hydrogens is 248 g/mol. The molecular formula is C13H24N2O4. The van der Waals surface area contributed by atoms with E-state index in [1.54, 1.807) is 11.1 Å². The van der Waals surface area contributed by atoms with Crippen LogP contribution in [0.25, 0.3) is 0 Å². The number of allylic oxidation sites excluding steroid dienone is 1. The van der Waals surface area contributed by atoms with E-state index < -0.39 is 0 Å². The average Bonchev–Trinajstić information content (AvgIpc) is 2.33. The van der Waals surface area contributed by atoms with E-state index in [0.717, 1.165) is 6.21 Å². The fourth-order valence-corrected chi connectivity index (χ4v) is 1.05. The van der Waals surface area contributed by atoms with Crippen LogP contribution in [-0.4, -0.2) is 57.6 Å². The van der Waals surface area contributed by atoms with Crippen LogP contribution < -0.4 is 0 Å². The van der Waals surface area contributed by atoms with E-state index in [1.807, 2.05) is 27.9 Å². The molecule has 0 aliphatic carbocycles. The van der Waals surface area contributed by atoms with E-state index in [-0.39, 0.29) is 25.8 Å². The highest BCUT2D eigenvalue weighted by atomic mass is 16.6. The van der Waals surface area contributed by atoms with Gasteiger partial charge < -0.3 is 24.5 Å². The molecule has 0 heterocycles. The number of carbonyl (C=O) groups is 1. The quantitative estimate of drug-likeness (QED) is 0.281. The molecule has 0 saturated carbocycles. The molecule has 0 saturated heterocycles. The van der Waals surface area contributed by atoms with Crippen molar-refractivity contribution in [3.63, 3.8) is 0 Å². The highest BCUT2D eigenvalue weighted by molar-refractivity contribution is 5.72. The molecule has 0 aromatic carbocycles. The molecule has 0 aromatic heterocycles. The molecule has 0 radical (unpaired) electrons. The third-order valence-electron chi connectivity index (χ3n) is 1.82. The molecule has 0 amide bonds. The van der Waals surface area contributed by atoms with Crippen molar-refractivity contribution in [2.24, 2.45) is 5.92 Å². The lowest BCUT2D eigenvalue weighted by Crippen LogP contribution is -2.17. The van der Waals surface area contributed by atoms with E-state index in [2.05, 4.69) is 0 Å². The fraction of sp³-hybridized carbons (Fsp3) is 0.692. The summed E-state index contributed by atoms with van der Waals surface area (Å²) in [5.74, 6) is 0.388. The number of rotatable bonds is 10. The van der Waals surface area contributed by atoms with Gasteiger partial charge in [0.2, 0.25) is 0 Å². The van der Waals surface area contributed by atoms with Crippen LogP contribution in [0.3, 0.4) is 0 Å². The van der Waals surface area contributed by atoms with Gasteiger partial charge in [0.15, 0.2) is 5.76 Å². The first-order valence-electron chi connectivity index (χ1n) is 6.20. The van der Waals surface area contributed by atoms with Crippen molar-refractivity contribution in [2.45, 2.75) is 13.8 Å². The molecule has 0 aliphatic rings. The first kappa shape index (κ1) is 17.4. The minimum atomic E-state index is -0.371. The first-order valence-corrected chi connectivity index (χ1v) is 6.20. The maximum Gasteiger partial charge on any atom is 0.332 e. The van der Waals surface area contributed by atoms with Crippen LogP contribution in [0.2, 0.25) is 0 Å². The summed E-state index contributed by atoms with van der Waals surface area (Å²) in [6, 6.07) is 0. The van der Waals surface area contributed by atoms with Crippen molar-refractivity contribution < 1.29 is 19.0 Å². The van der Waals surface area contributed by atoms with E-state index in [4.69, 9.17) is 19.6 Å². The first-order chi connectivity index (χ1) is 8.95. The van der Waals surface area contributed by atoms with Crippen molar-refractivity contribution in [1.29, 1.82) is 5.41 Å². The Morgan fingerprint density at radius 3 is 2.47 bits per heavy atom. The van der Waals surface area contributed by atoms with Gasteiger partial charge in [0, 0.05) is 20.3 Å². The summed E-state index contributed by atoms with van der Waals surface area (Å²) in [6.07, 6.45) is 2.81. The lowest BCUT2D eigenvalue weighted by Gasteiger charge is -2.10. The van der Waals surface area contributed by atoms with E-state index in [9.17, 15) is 4.79 Å². The van der Waals surface area contributed by atoms with Gasteiger partial charge in [-0.15, -0.1) is 0 Å². The third-order valence-corrected chi connectivity index (χ3v) is 1.82. The van der Waals surface area contributed by atoms with Crippen LogP contribution in [-0.2, 0) is 19.0 Å². The maximum absolute atomic E-state index is 11.2. The molecule has 110 valence electrons. The molecule has 6 heteroatoms. The van der Waals surface area contributed by atoms with Crippen molar-refractivity contribution in [3.05, 3.63) is 12.0 Å². The number of nitrogens with one attached hydrogen (secondary N) is 1. The molecule has 0 aliphatic heterocycles. The van der Waals surface area contributed by atoms with Gasteiger partial charge >= 0.3 is 5.97 Å². The zero-order valence-electron chi connectivity index (χ0n) is 12.1. The topological polar surface area (TPSA) is 71.9 Å². The Kier molecular flexibility index (Phi) is 9.52. The molecule has 0 aromatic rings. The third kappa shape index (κ3) is 11.3. The summed E-state index contributed by atoms with van der Waals surface area (Å²) in [4.78, 5) is 13.0. The molecule has 0 bridgehead atoms.